The Labute approximate surface area is 186 Å². The van der Waals surface area contributed by atoms with Crippen LogP contribution in [-0.2, 0) is 16.0 Å². The fourth-order valence-corrected chi connectivity index (χ4v) is 4.17. The largest absolute Gasteiger partial charge is 0.496 e. The number of benzene rings is 2. The number of para-hydroxylation sites is 1. The van der Waals surface area contributed by atoms with Gasteiger partial charge in [-0.25, -0.2) is 0 Å². The second-order valence-electron chi connectivity index (χ2n) is 9.60. The first-order valence-electron chi connectivity index (χ1n) is 10.9. The number of carbonyl (C=O) groups is 2. The summed E-state index contributed by atoms with van der Waals surface area (Å²) in [7, 11) is 3.50. The van der Waals surface area contributed by atoms with E-state index in [4.69, 9.17) is 4.74 Å². The summed E-state index contributed by atoms with van der Waals surface area (Å²) in [6, 6.07) is 16.1. The Bertz CT molecular complexity index is 932. The zero-order valence-electron chi connectivity index (χ0n) is 19.4. The van der Waals surface area contributed by atoms with Gasteiger partial charge in [0.1, 0.15) is 5.75 Å². The van der Waals surface area contributed by atoms with Crippen LogP contribution in [0.2, 0.25) is 0 Å². The van der Waals surface area contributed by atoms with Crippen molar-refractivity contribution in [3.05, 3.63) is 54.1 Å². The van der Waals surface area contributed by atoms with E-state index in [-0.39, 0.29) is 23.1 Å². The monoisotopic (exact) mass is 422 g/mol. The molecule has 3 rings (SSSR count). The van der Waals surface area contributed by atoms with E-state index < -0.39 is 0 Å². The molecule has 31 heavy (non-hydrogen) atoms. The molecule has 2 aromatic carbocycles. The lowest BCUT2D eigenvalue weighted by molar-refractivity contribution is -0.134. The van der Waals surface area contributed by atoms with Crippen molar-refractivity contribution >= 4 is 11.8 Å². The molecule has 1 saturated heterocycles. The predicted molar refractivity (Wildman–Crippen MR) is 124 cm³/mol. The Kier molecular flexibility index (Phi) is 7.04. The van der Waals surface area contributed by atoms with Crippen LogP contribution in [0.1, 0.15) is 32.8 Å². The predicted octanol–water partition coefficient (Wildman–Crippen LogP) is 4.26. The quantitative estimate of drug-likeness (QED) is 0.724. The summed E-state index contributed by atoms with van der Waals surface area (Å²) in [4.78, 5) is 29.7. The SMILES string of the molecule is COc1ccccc1-c1ccccc1CC1CN(C(=O)CC(C)(C)C)CCN(C)C1=O. The number of hydrogen-bond acceptors (Lipinski definition) is 3. The molecule has 2 aromatic rings. The summed E-state index contributed by atoms with van der Waals surface area (Å²) in [5, 5.41) is 0. The van der Waals surface area contributed by atoms with Crippen LogP contribution in [0.4, 0.5) is 0 Å². The van der Waals surface area contributed by atoms with E-state index >= 15 is 0 Å². The summed E-state index contributed by atoms with van der Waals surface area (Å²) >= 11 is 0. The van der Waals surface area contributed by atoms with E-state index in [9.17, 15) is 9.59 Å². The molecule has 1 aliphatic heterocycles. The van der Waals surface area contributed by atoms with E-state index in [1.54, 1.807) is 12.0 Å². The first-order valence-corrected chi connectivity index (χ1v) is 10.9. The second kappa shape index (κ2) is 9.54. The zero-order chi connectivity index (χ0) is 22.6. The molecular weight excluding hydrogens is 388 g/mol. The van der Waals surface area contributed by atoms with E-state index in [1.807, 2.05) is 48.3 Å². The third-order valence-electron chi connectivity index (χ3n) is 5.79. The van der Waals surface area contributed by atoms with Crippen molar-refractivity contribution < 1.29 is 14.3 Å². The molecule has 0 bridgehead atoms. The van der Waals surface area contributed by atoms with Gasteiger partial charge in [-0.1, -0.05) is 63.2 Å². The number of carbonyl (C=O) groups excluding carboxylic acids is 2. The molecule has 5 nitrogen and oxygen atoms in total. The summed E-state index contributed by atoms with van der Waals surface area (Å²) < 4.78 is 5.57. The molecule has 2 amide bonds. The van der Waals surface area contributed by atoms with E-state index in [0.717, 1.165) is 22.4 Å². The Morgan fingerprint density at radius 3 is 2.35 bits per heavy atom. The van der Waals surface area contributed by atoms with Gasteiger partial charge in [-0.3, -0.25) is 9.59 Å². The van der Waals surface area contributed by atoms with Crippen molar-refractivity contribution in [3.63, 3.8) is 0 Å². The summed E-state index contributed by atoms with van der Waals surface area (Å²) in [6.45, 7) is 7.82. The lowest BCUT2D eigenvalue weighted by Gasteiger charge is -2.27. The topological polar surface area (TPSA) is 49.9 Å². The first-order chi connectivity index (χ1) is 14.7. The number of rotatable bonds is 5. The summed E-state index contributed by atoms with van der Waals surface area (Å²) in [5.41, 5.74) is 3.08. The molecule has 1 heterocycles. The van der Waals surface area contributed by atoms with Crippen molar-refractivity contribution in [3.8, 4) is 16.9 Å². The van der Waals surface area contributed by atoms with Crippen molar-refractivity contribution in [2.24, 2.45) is 11.3 Å². The third-order valence-corrected chi connectivity index (χ3v) is 5.79. The van der Waals surface area contributed by atoms with Gasteiger partial charge >= 0.3 is 0 Å². The molecule has 5 heteroatoms. The third kappa shape index (κ3) is 5.66. The van der Waals surface area contributed by atoms with Crippen LogP contribution in [0.25, 0.3) is 11.1 Å². The Hall–Kier alpha value is -2.82. The van der Waals surface area contributed by atoms with Crippen LogP contribution in [0.5, 0.6) is 5.75 Å². The molecule has 1 fully saturated rings. The number of nitrogens with zero attached hydrogens (tertiary/aromatic N) is 2. The smallest absolute Gasteiger partial charge is 0.227 e. The molecule has 1 unspecified atom stereocenters. The molecule has 0 spiro atoms. The van der Waals surface area contributed by atoms with Crippen LogP contribution < -0.4 is 4.74 Å². The van der Waals surface area contributed by atoms with Gasteiger partial charge in [0.15, 0.2) is 0 Å². The molecule has 166 valence electrons. The van der Waals surface area contributed by atoms with Crippen LogP contribution in [0, 0.1) is 11.3 Å². The summed E-state index contributed by atoms with van der Waals surface area (Å²) in [5.74, 6) is 0.757. The number of likely N-dealkylation sites (N-methyl/N-ethyl adjacent to an activating group) is 1. The van der Waals surface area contributed by atoms with Crippen LogP contribution in [-0.4, -0.2) is 55.4 Å². The molecule has 1 atom stereocenters. The number of methoxy groups -OCH3 is 1. The highest BCUT2D eigenvalue weighted by molar-refractivity contribution is 5.83. The average molecular weight is 423 g/mol. The van der Waals surface area contributed by atoms with Gasteiger partial charge in [0.2, 0.25) is 11.8 Å². The number of hydrogen-bond donors (Lipinski definition) is 0. The lowest BCUT2D eigenvalue weighted by atomic mass is 9.90. The molecular formula is C26H34N2O3. The molecule has 0 saturated carbocycles. The van der Waals surface area contributed by atoms with Crippen molar-refractivity contribution in [1.29, 1.82) is 0 Å². The fraction of sp³-hybridized carbons (Fsp3) is 0.462. The minimum absolute atomic E-state index is 0.0781. The Morgan fingerprint density at radius 2 is 1.68 bits per heavy atom. The highest BCUT2D eigenvalue weighted by atomic mass is 16.5. The Morgan fingerprint density at radius 1 is 1.03 bits per heavy atom. The molecule has 0 aromatic heterocycles. The van der Waals surface area contributed by atoms with Gasteiger partial charge < -0.3 is 14.5 Å². The first kappa shape index (κ1) is 22.9. The fourth-order valence-electron chi connectivity index (χ4n) is 4.17. The maximum absolute atomic E-state index is 13.1. The minimum atomic E-state index is -0.271. The van der Waals surface area contributed by atoms with Crippen molar-refractivity contribution in [2.45, 2.75) is 33.6 Å². The average Bonchev–Trinajstić information content (AvgIpc) is 2.87. The highest BCUT2D eigenvalue weighted by Gasteiger charge is 2.32. The molecule has 0 N–H and O–H groups in total. The van der Waals surface area contributed by atoms with Gasteiger partial charge in [-0.2, -0.15) is 0 Å². The Balaban J connectivity index is 1.90. The van der Waals surface area contributed by atoms with E-state index in [2.05, 4.69) is 32.9 Å². The minimum Gasteiger partial charge on any atom is -0.496 e. The van der Waals surface area contributed by atoms with Crippen molar-refractivity contribution in [1.82, 2.24) is 9.80 Å². The highest BCUT2D eigenvalue weighted by Crippen LogP contribution is 2.33. The van der Waals surface area contributed by atoms with Crippen molar-refractivity contribution in [2.75, 3.05) is 33.8 Å². The van der Waals surface area contributed by atoms with Gasteiger partial charge in [0, 0.05) is 38.7 Å². The second-order valence-corrected chi connectivity index (χ2v) is 9.60. The molecule has 0 radical (unpaired) electrons. The number of amides is 2. The maximum atomic E-state index is 13.1. The zero-order valence-corrected chi connectivity index (χ0v) is 19.4. The van der Waals surface area contributed by atoms with Gasteiger partial charge in [-0.05, 0) is 29.0 Å². The van der Waals surface area contributed by atoms with Crippen LogP contribution in [0.3, 0.4) is 0 Å². The standard InChI is InChI=1S/C26H34N2O3/c1-26(2,3)17-24(29)28-15-14-27(4)25(30)20(18-28)16-19-10-6-7-11-21(19)22-12-8-9-13-23(22)31-5/h6-13,20H,14-18H2,1-5H3. The van der Waals surface area contributed by atoms with Gasteiger partial charge in [-0.15, -0.1) is 0 Å². The maximum Gasteiger partial charge on any atom is 0.227 e. The van der Waals surface area contributed by atoms with Gasteiger partial charge in [0.25, 0.3) is 0 Å². The van der Waals surface area contributed by atoms with Crippen LogP contribution >= 0.6 is 0 Å². The van der Waals surface area contributed by atoms with E-state index in [1.165, 1.54) is 0 Å². The van der Waals surface area contributed by atoms with E-state index in [0.29, 0.717) is 32.5 Å². The molecule has 0 aliphatic carbocycles. The normalized spacial score (nSPS) is 17.5. The van der Waals surface area contributed by atoms with Crippen LogP contribution in [0.15, 0.2) is 48.5 Å². The molecule has 1 aliphatic rings. The lowest BCUT2D eigenvalue weighted by Crippen LogP contribution is -2.38. The van der Waals surface area contributed by atoms with Gasteiger partial charge in [0.05, 0.1) is 13.0 Å². The number of ether oxygens (including phenoxy) is 1. The summed E-state index contributed by atoms with van der Waals surface area (Å²) in [6.07, 6.45) is 1.06.